The highest BCUT2D eigenvalue weighted by Gasteiger charge is 2.32. The van der Waals surface area contributed by atoms with Gasteiger partial charge in [-0.2, -0.15) is 5.26 Å². The second-order valence-corrected chi connectivity index (χ2v) is 12.9. The largest absolute Gasteiger partial charge is 0.490 e. The van der Waals surface area contributed by atoms with Crippen molar-refractivity contribution in [2.24, 2.45) is 16.3 Å². The molecule has 0 radical (unpaired) electrons. The van der Waals surface area contributed by atoms with E-state index in [2.05, 4.69) is 42.8 Å². The Balaban J connectivity index is 1.58. The molecular weight excluding hydrogens is 591 g/mol. The zero-order chi connectivity index (χ0) is 26.7. The highest BCUT2D eigenvalue weighted by molar-refractivity contribution is 9.10. The third-order valence-electron chi connectivity index (χ3n) is 6.63. The fourth-order valence-electron chi connectivity index (χ4n) is 4.50. The lowest BCUT2D eigenvalue weighted by molar-refractivity contribution is 0.218. The SMILES string of the molecule is CCOc1cc(C=Nc2sc3c(c2C#N)CC[C@H](C(C)(C)C)C3)cc(Br)c1OCc1ccc(Cl)cc1Cl. The van der Waals surface area contributed by atoms with Crippen LogP contribution in [0.25, 0.3) is 0 Å². The molecule has 1 heterocycles. The van der Waals surface area contributed by atoms with Crippen LogP contribution >= 0.6 is 50.5 Å². The second-order valence-electron chi connectivity index (χ2n) is 10.1. The first-order valence-corrected chi connectivity index (χ1v) is 14.6. The van der Waals surface area contributed by atoms with Crippen LogP contribution in [0.1, 0.15) is 61.2 Å². The lowest BCUT2D eigenvalue weighted by atomic mass is 9.72. The van der Waals surface area contributed by atoms with Gasteiger partial charge in [-0.3, -0.25) is 0 Å². The van der Waals surface area contributed by atoms with Gasteiger partial charge in [0.2, 0.25) is 0 Å². The number of nitriles is 1. The van der Waals surface area contributed by atoms with E-state index >= 15 is 0 Å². The van der Waals surface area contributed by atoms with Gasteiger partial charge < -0.3 is 9.47 Å². The summed E-state index contributed by atoms with van der Waals surface area (Å²) in [5.74, 6) is 1.80. The van der Waals surface area contributed by atoms with E-state index in [0.29, 0.717) is 39.6 Å². The lowest BCUT2D eigenvalue weighted by Crippen LogP contribution is -2.26. The number of nitrogens with zero attached hydrogens (tertiary/aromatic N) is 2. The van der Waals surface area contributed by atoms with E-state index in [4.69, 9.17) is 37.7 Å². The third-order valence-corrected chi connectivity index (χ3v) is 8.97. The summed E-state index contributed by atoms with van der Waals surface area (Å²) in [5, 5.41) is 11.8. The third kappa shape index (κ3) is 6.52. The molecule has 37 heavy (non-hydrogen) atoms. The monoisotopic (exact) mass is 618 g/mol. The highest BCUT2D eigenvalue weighted by Crippen LogP contribution is 2.45. The predicted molar refractivity (Wildman–Crippen MR) is 157 cm³/mol. The maximum atomic E-state index is 9.89. The van der Waals surface area contributed by atoms with Gasteiger partial charge in [0.25, 0.3) is 0 Å². The van der Waals surface area contributed by atoms with Gasteiger partial charge in [-0.25, -0.2) is 4.99 Å². The van der Waals surface area contributed by atoms with Crippen molar-refractivity contribution < 1.29 is 9.47 Å². The summed E-state index contributed by atoms with van der Waals surface area (Å²) in [4.78, 5) is 6.05. The Hall–Kier alpha value is -2.04. The fraction of sp³-hybridized carbons (Fsp3) is 0.379. The van der Waals surface area contributed by atoms with Crippen LogP contribution in [0, 0.1) is 22.7 Å². The molecular formula is C29H29BrCl2N2O2S. The molecule has 1 atom stereocenters. The first-order chi connectivity index (χ1) is 17.6. The molecule has 0 N–H and O–H groups in total. The van der Waals surface area contributed by atoms with Gasteiger partial charge >= 0.3 is 0 Å². The van der Waals surface area contributed by atoms with E-state index in [9.17, 15) is 5.26 Å². The minimum absolute atomic E-state index is 0.253. The minimum Gasteiger partial charge on any atom is -0.490 e. The van der Waals surface area contributed by atoms with Gasteiger partial charge in [0.15, 0.2) is 11.5 Å². The second kappa shape index (κ2) is 11.8. The lowest BCUT2D eigenvalue weighted by Gasteiger charge is -2.33. The summed E-state index contributed by atoms with van der Waals surface area (Å²) >= 11 is 17.6. The Bertz CT molecular complexity index is 1370. The van der Waals surface area contributed by atoms with Gasteiger partial charge in [-0.1, -0.05) is 50.0 Å². The molecule has 0 unspecified atom stereocenters. The summed E-state index contributed by atoms with van der Waals surface area (Å²) in [6, 6.07) is 11.6. The highest BCUT2D eigenvalue weighted by atomic mass is 79.9. The van der Waals surface area contributed by atoms with Gasteiger partial charge in [-0.15, -0.1) is 11.3 Å². The molecule has 2 aromatic carbocycles. The van der Waals surface area contributed by atoms with Gasteiger partial charge in [0.1, 0.15) is 17.7 Å². The molecule has 0 saturated carbocycles. The van der Waals surface area contributed by atoms with Gasteiger partial charge in [0.05, 0.1) is 16.6 Å². The van der Waals surface area contributed by atoms with Crippen molar-refractivity contribution >= 4 is 61.7 Å². The molecule has 1 aliphatic rings. The summed E-state index contributed by atoms with van der Waals surface area (Å²) in [7, 11) is 0. The van der Waals surface area contributed by atoms with Crippen LogP contribution in [-0.2, 0) is 19.4 Å². The Morgan fingerprint density at radius 3 is 2.68 bits per heavy atom. The minimum atomic E-state index is 0.253. The van der Waals surface area contributed by atoms with Gasteiger partial charge in [-0.05, 0) is 88.8 Å². The number of fused-ring (bicyclic) bond motifs is 1. The standard InChI is InChI=1S/C29H29BrCl2N2O2S/c1-5-35-25-11-17(10-23(30)27(25)36-16-18-6-8-20(31)13-24(18)32)15-34-28-22(14-33)21-9-7-19(29(2,3)4)12-26(21)37-28/h6,8,10-11,13,15,19H,5,7,9,12,16H2,1-4H3/t19-/m0/s1. The van der Waals surface area contributed by atoms with E-state index in [0.717, 1.165) is 39.9 Å². The molecule has 1 aromatic heterocycles. The first-order valence-electron chi connectivity index (χ1n) is 12.2. The molecule has 0 spiro atoms. The van der Waals surface area contributed by atoms with Crippen molar-refractivity contribution in [1.29, 1.82) is 5.26 Å². The van der Waals surface area contributed by atoms with Crippen molar-refractivity contribution in [3.63, 3.8) is 0 Å². The Morgan fingerprint density at radius 1 is 1.22 bits per heavy atom. The molecule has 194 valence electrons. The van der Waals surface area contributed by atoms with E-state index in [1.807, 2.05) is 25.1 Å². The zero-order valence-corrected chi connectivity index (χ0v) is 25.2. The predicted octanol–water partition coefficient (Wildman–Crippen LogP) is 9.57. The fourth-order valence-corrected chi connectivity index (χ4v) is 6.76. The van der Waals surface area contributed by atoms with Crippen molar-refractivity contribution in [3.05, 3.63) is 72.0 Å². The first kappa shape index (κ1) is 28.0. The number of rotatable bonds is 7. The molecule has 0 saturated heterocycles. The van der Waals surface area contributed by atoms with Crippen LogP contribution in [-0.4, -0.2) is 12.8 Å². The van der Waals surface area contributed by atoms with E-state index < -0.39 is 0 Å². The molecule has 0 amide bonds. The van der Waals surface area contributed by atoms with Crippen molar-refractivity contribution in [2.75, 3.05) is 6.61 Å². The smallest absolute Gasteiger partial charge is 0.175 e. The van der Waals surface area contributed by atoms with Crippen LogP contribution in [0.4, 0.5) is 5.00 Å². The maximum Gasteiger partial charge on any atom is 0.175 e. The van der Waals surface area contributed by atoms with Crippen LogP contribution in [0.2, 0.25) is 10.0 Å². The molecule has 4 nitrogen and oxygen atoms in total. The number of benzene rings is 2. The zero-order valence-electron chi connectivity index (χ0n) is 21.3. The number of ether oxygens (including phenoxy) is 2. The number of aliphatic imine (C=N–C) groups is 1. The summed E-state index contributed by atoms with van der Waals surface area (Å²) in [6.45, 7) is 9.57. The Morgan fingerprint density at radius 2 is 2.00 bits per heavy atom. The molecule has 0 bridgehead atoms. The maximum absolute atomic E-state index is 9.89. The number of thiophene rings is 1. The summed E-state index contributed by atoms with van der Waals surface area (Å²) in [6.07, 6.45) is 4.85. The molecule has 0 fully saturated rings. The van der Waals surface area contributed by atoms with Crippen LogP contribution in [0.5, 0.6) is 11.5 Å². The molecule has 3 aromatic rings. The van der Waals surface area contributed by atoms with Crippen molar-refractivity contribution in [2.45, 2.75) is 53.6 Å². The molecule has 4 rings (SSSR count). The number of hydrogen-bond acceptors (Lipinski definition) is 5. The van der Waals surface area contributed by atoms with Crippen LogP contribution in [0.15, 0.2) is 39.8 Å². The number of hydrogen-bond donors (Lipinski definition) is 0. The Labute approximate surface area is 241 Å². The van der Waals surface area contributed by atoms with Crippen LogP contribution < -0.4 is 9.47 Å². The van der Waals surface area contributed by atoms with Gasteiger partial charge in [0, 0.05) is 26.7 Å². The topological polar surface area (TPSA) is 54.6 Å². The van der Waals surface area contributed by atoms with Crippen LogP contribution in [0.3, 0.4) is 0 Å². The van der Waals surface area contributed by atoms with E-state index in [1.165, 1.54) is 10.4 Å². The van der Waals surface area contributed by atoms with Crippen molar-refractivity contribution in [1.82, 2.24) is 0 Å². The average molecular weight is 620 g/mol. The van der Waals surface area contributed by atoms with E-state index in [1.54, 1.807) is 29.7 Å². The molecule has 1 aliphatic carbocycles. The normalized spacial score (nSPS) is 15.5. The van der Waals surface area contributed by atoms with E-state index in [-0.39, 0.29) is 12.0 Å². The van der Waals surface area contributed by atoms with Crippen molar-refractivity contribution in [3.8, 4) is 17.6 Å². The quantitative estimate of drug-likeness (QED) is 0.247. The summed E-state index contributed by atoms with van der Waals surface area (Å²) in [5.41, 5.74) is 3.82. The average Bonchev–Trinajstić information content (AvgIpc) is 3.19. The summed E-state index contributed by atoms with van der Waals surface area (Å²) < 4.78 is 12.7. The molecule has 0 aliphatic heterocycles. The number of halogens is 3. The Kier molecular flexibility index (Phi) is 8.91. The molecule has 8 heteroatoms.